The Morgan fingerprint density at radius 3 is 2.36 bits per heavy atom. The second kappa shape index (κ2) is 3.00. The van der Waals surface area contributed by atoms with Crippen LogP contribution in [0.25, 0.3) is 0 Å². The molecule has 0 unspecified atom stereocenters. The molecule has 0 aliphatic heterocycles. The second-order valence-corrected chi connectivity index (χ2v) is 4.11. The lowest BCUT2D eigenvalue weighted by Crippen LogP contribution is -2.03. The van der Waals surface area contributed by atoms with Gasteiger partial charge in [-0.05, 0) is 19.1 Å². The van der Waals surface area contributed by atoms with Crippen molar-refractivity contribution in [3.63, 3.8) is 0 Å². The van der Waals surface area contributed by atoms with E-state index in [1.807, 2.05) is 0 Å². The lowest BCUT2D eigenvalue weighted by atomic mass is 10.5. The summed E-state index contributed by atoms with van der Waals surface area (Å²) in [4.78, 5) is 3.99. The van der Waals surface area contributed by atoms with Crippen LogP contribution in [0.3, 0.4) is 0 Å². The molecule has 59 valence electrons. The quantitative estimate of drug-likeness (QED) is 0.656. The van der Waals surface area contributed by atoms with E-state index in [0.29, 0.717) is 0 Å². The predicted octanol–water partition coefficient (Wildman–Crippen LogP) is 0.689. The van der Waals surface area contributed by atoms with Crippen LogP contribution in [0.4, 0.5) is 0 Å². The predicted molar refractivity (Wildman–Crippen MR) is 41.6 cm³/mol. The van der Waals surface area contributed by atoms with Gasteiger partial charge in [-0.2, -0.15) is 0 Å². The van der Waals surface area contributed by atoms with Gasteiger partial charge in [0, 0.05) is 12.4 Å². The Bertz CT molecular complexity index is 318. The number of hydrogen-bond acceptors (Lipinski definition) is 3. The van der Waals surface area contributed by atoms with Gasteiger partial charge in [0.1, 0.15) is 0 Å². The number of pyridine rings is 1. The molecule has 0 amide bonds. The van der Waals surface area contributed by atoms with Crippen LogP contribution >= 0.6 is 0 Å². The summed E-state index contributed by atoms with van der Waals surface area (Å²) in [6.45, 7) is 3.33. The lowest BCUT2D eigenvalue weighted by Gasteiger charge is -1.97. The molecule has 1 aromatic heterocycles. The summed E-state index contributed by atoms with van der Waals surface area (Å²) in [5.74, 6) is -0.114. The largest absolute Gasteiger partial charge is 0.265 e. The summed E-state index contributed by atoms with van der Waals surface area (Å²) >= 11 is 0. The first kappa shape index (κ1) is 8.20. The lowest BCUT2D eigenvalue weighted by molar-refractivity contribution is 0.598. The summed E-state index contributed by atoms with van der Waals surface area (Å²) in [5, 5.41) is 0. The van der Waals surface area contributed by atoms with Crippen LogP contribution in [-0.4, -0.2) is 19.2 Å². The smallest absolute Gasteiger partial charge is 0.178 e. The Kier molecular flexibility index (Phi) is 2.24. The van der Waals surface area contributed by atoms with Gasteiger partial charge in [0.05, 0.1) is 10.6 Å². The van der Waals surface area contributed by atoms with Gasteiger partial charge in [0.15, 0.2) is 9.84 Å². The molecule has 0 saturated carbocycles. The summed E-state index contributed by atoms with van der Waals surface area (Å²) in [5.41, 5.74) is 0. The molecule has 0 saturated heterocycles. The highest BCUT2D eigenvalue weighted by Gasteiger charge is 2.09. The first-order valence-electron chi connectivity index (χ1n) is 3.09. The standard InChI is InChI=1S/C7H8NO2S/c1-2-11(9,10)7-3-5-8-6-4-7/h3-6H,1-2H2. The topological polar surface area (TPSA) is 47.0 Å². The molecule has 0 aromatic carbocycles. The van der Waals surface area contributed by atoms with Crippen LogP contribution in [0.5, 0.6) is 0 Å². The molecule has 1 radical (unpaired) electrons. The fourth-order valence-corrected chi connectivity index (χ4v) is 1.44. The van der Waals surface area contributed by atoms with E-state index >= 15 is 0 Å². The zero-order chi connectivity index (χ0) is 8.32. The molecule has 11 heavy (non-hydrogen) atoms. The maximum absolute atomic E-state index is 11.1. The third-order valence-electron chi connectivity index (χ3n) is 1.28. The minimum atomic E-state index is -3.15. The van der Waals surface area contributed by atoms with Gasteiger partial charge < -0.3 is 0 Å². The third-order valence-corrected chi connectivity index (χ3v) is 2.81. The summed E-state index contributed by atoms with van der Waals surface area (Å²) in [6, 6.07) is 2.92. The molecule has 1 heterocycles. The average molecular weight is 170 g/mol. The van der Waals surface area contributed by atoms with Gasteiger partial charge in [-0.25, -0.2) is 8.42 Å². The van der Waals surface area contributed by atoms with Crippen molar-refractivity contribution in [3.05, 3.63) is 31.5 Å². The fourth-order valence-electron chi connectivity index (χ4n) is 0.663. The number of sulfone groups is 1. The molecule has 0 N–H and O–H groups in total. The maximum atomic E-state index is 11.1. The molecule has 1 rings (SSSR count). The highest BCUT2D eigenvalue weighted by Crippen LogP contribution is 2.07. The Hall–Kier alpha value is -0.900. The van der Waals surface area contributed by atoms with Crippen molar-refractivity contribution in [1.29, 1.82) is 0 Å². The molecular weight excluding hydrogens is 162 g/mol. The first-order valence-corrected chi connectivity index (χ1v) is 4.74. The molecule has 3 nitrogen and oxygen atoms in total. The molecule has 1 aromatic rings. The average Bonchev–Trinajstić information content (AvgIpc) is 2.06. The monoisotopic (exact) mass is 170 g/mol. The zero-order valence-electron chi connectivity index (χ0n) is 5.90. The highest BCUT2D eigenvalue weighted by atomic mass is 32.2. The van der Waals surface area contributed by atoms with E-state index < -0.39 is 9.84 Å². The summed E-state index contributed by atoms with van der Waals surface area (Å²) in [7, 11) is -3.15. The Balaban J connectivity index is 3.14. The molecule has 0 atom stereocenters. The summed E-state index contributed by atoms with van der Waals surface area (Å²) in [6.07, 6.45) is 2.89. The normalized spacial score (nSPS) is 11.4. The molecule has 0 aliphatic carbocycles. The fraction of sp³-hybridized carbons (Fsp3) is 0.143. The first-order chi connectivity index (χ1) is 5.17. The van der Waals surface area contributed by atoms with Crippen molar-refractivity contribution in [2.24, 2.45) is 0 Å². The van der Waals surface area contributed by atoms with Gasteiger partial charge in [0.2, 0.25) is 0 Å². The highest BCUT2D eigenvalue weighted by molar-refractivity contribution is 7.91. The molecule has 0 fully saturated rings. The Morgan fingerprint density at radius 1 is 1.36 bits per heavy atom. The van der Waals surface area contributed by atoms with Crippen LogP contribution in [0.15, 0.2) is 29.4 Å². The van der Waals surface area contributed by atoms with Gasteiger partial charge in [-0.3, -0.25) is 4.98 Å². The van der Waals surface area contributed by atoms with Gasteiger partial charge in [-0.15, -0.1) is 0 Å². The van der Waals surface area contributed by atoms with E-state index in [1.165, 1.54) is 24.5 Å². The van der Waals surface area contributed by atoms with Crippen LogP contribution < -0.4 is 0 Å². The summed E-state index contributed by atoms with van der Waals surface area (Å²) < 4.78 is 22.2. The maximum Gasteiger partial charge on any atom is 0.178 e. The van der Waals surface area contributed by atoms with Crippen LogP contribution in [0.1, 0.15) is 0 Å². The van der Waals surface area contributed by atoms with Crippen LogP contribution in [0.2, 0.25) is 0 Å². The SMILES string of the molecule is [CH2]CS(=O)(=O)c1ccncc1. The number of rotatable bonds is 2. The Labute approximate surface area is 66.0 Å². The molecule has 4 heteroatoms. The third kappa shape index (κ3) is 1.77. The number of hydrogen-bond donors (Lipinski definition) is 0. The van der Waals surface area contributed by atoms with E-state index in [9.17, 15) is 8.42 Å². The zero-order valence-corrected chi connectivity index (χ0v) is 6.71. The minimum Gasteiger partial charge on any atom is -0.265 e. The Morgan fingerprint density at radius 2 is 1.91 bits per heavy atom. The van der Waals surface area contributed by atoms with Gasteiger partial charge >= 0.3 is 0 Å². The molecule has 0 aliphatic rings. The van der Waals surface area contributed by atoms with Crippen molar-refractivity contribution < 1.29 is 8.42 Å². The number of nitrogens with zero attached hydrogens (tertiary/aromatic N) is 1. The van der Waals surface area contributed by atoms with Crippen molar-refractivity contribution in [3.8, 4) is 0 Å². The van der Waals surface area contributed by atoms with E-state index in [-0.39, 0.29) is 10.6 Å². The van der Waals surface area contributed by atoms with Crippen molar-refractivity contribution in [2.45, 2.75) is 4.90 Å². The molecule has 0 spiro atoms. The van der Waals surface area contributed by atoms with Crippen molar-refractivity contribution in [1.82, 2.24) is 4.98 Å². The molecular formula is C7H8NO2S. The van der Waals surface area contributed by atoms with Gasteiger partial charge in [0.25, 0.3) is 0 Å². The van der Waals surface area contributed by atoms with Gasteiger partial charge in [-0.1, -0.05) is 0 Å². The molecule has 0 bridgehead atoms. The van der Waals surface area contributed by atoms with Crippen molar-refractivity contribution >= 4 is 9.84 Å². The van der Waals surface area contributed by atoms with E-state index in [0.717, 1.165) is 0 Å². The van der Waals surface area contributed by atoms with E-state index in [4.69, 9.17) is 0 Å². The van der Waals surface area contributed by atoms with E-state index in [2.05, 4.69) is 11.9 Å². The van der Waals surface area contributed by atoms with E-state index in [1.54, 1.807) is 0 Å². The minimum absolute atomic E-state index is 0.114. The van der Waals surface area contributed by atoms with Crippen LogP contribution in [0, 0.1) is 6.92 Å². The second-order valence-electron chi connectivity index (χ2n) is 2.00. The van der Waals surface area contributed by atoms with Crippen molar-refractivity contribution in [2.75, 3.05) is 5.75 Å². The van der Waals surface area contributed by atoms with Crippen LogP contribution in [-0.2, 0) is 9.84 Å². The number of aromatic nitrogens is 1.